The molecule has 31 heavy (non-hydrogen) atoms. The number of aromatic nitrogens is 3. The summed E-state index contributed by atoms with van der Waals surface area (Å²) in [6.07, 6.45) is -0.227. The number of para-hydroxylation sites is 2. The number of halogens is 1. The molecule has 4 rings (SSSR count). The van der Waals surface area contributed by atoms with Crippen LogP contribution in [0.4, 0.5) is 0 Å². The third-order valence-corrected chi connectivity index (χ3v) is 5.81. The Morgan fingerprint density at radius 3 is 2.81 bits per heavy atom. The minimum atomic E-state index is -0.227. The van der Waals surface area contributed by atoms with Crippen molar-refractivity contribution in [2.75, 3.05) is 18.9 Å². The van der Waals surface area contributed by atoms with Crippen LogP contribution in [-0.4, -0.2) is 45.7 Å². The zero-order valence-electron chi connectivity index (χ0n) is 16.8. The Kier molecular flexibility index (Phi) is 6.83. The summed E-state index contributed by atoms with van der Waals surface area (Å²) in [6, 6.07) is 14.6. The fraction of sp³-hybridized carbons (Fsp3) is 0.286. The summed E-state index contributed by atoms with van der Waals surface area (Å²) >= 11 is 7.18. The molecule has 0 unspecified atom stereocenters. The summed E-state index contributed by atoms with van der Waals surface area (Å²) < 4.78 is 19.0. The highest BCUT2D eigenvalue weighted by Crippen LogP contribution is 2.30. The molecule has 1 amide bonds. The molecule has 0 saturated carbocycles. The van der Waals surface area contributed by atoms with Crippen molar-refractivity contribution in [3.63, 3.8) is 0 Å². The van der Waals surface area contributed by atoms with Crippen LogP contribution in [0, 0.1) is 0 Å². The van der Waals surface area contributed by atoms with Gasteiger partial charge in [-0.2, -0.15) is 0 Å². The molecule has 1 aliphatic heterocycles. The number of nitrogens with zero attached hydrogens (tertiary/aromatic N) is 3. The maximum Gasteiger partial charge on any atom is 0.230 e. The van der Waals surface area contributed by atoms with Crippen LogP contribution in [0.15, 0.2) is 53.7 Å². The van der Waals surface area contributed by atoms with Crippen LogP contribution in [0.2, 0.25) is 5.02 Å². The van der Waals surface area contributed by atoms with Gasteiger partial charge in [0.1, 0.15) is 25.1 Å². The molecule has 1 atom stereocenters. The first-order chi connectivity index (χ1) is 15.1. The Balaban J connectivity index is 1.21. The lowest BCUT2D eigenvalue weighted by Gasteiger charge is -2.26. The van der Waals surface area contributed by atoms with Crippen molar-refractivity contribution in [3.8, 4) is 17.2 Å². The van der Waals surface area contributed by atoms with Crippen LogP contribution < -0.4 is 19.5 Å². The number of hydrogen-bond donors (Lipinski definition) is 1. The van der Waals surface area contributed by atoms with Crippen molar-refractivity contribution >= 4 is 29.3 Å². The maximum absolute atomic E-state index is 12.2. The number of benzene rings is 2. The molecule has 0 saturated heterocycles. The molecule has 2 heterocycles. The van der Waals surface area contributed by atoms with Crippen LogP contribution in [-0.2, 0) is 18.4 Å². The van der Waals surface area contributed by atoms with Gasteiger partial charge in [0.25, 0.3) is 0 Å². The van der Waals surface area contributed by atoms with Gasteiger partial charge in [0, 0.05) is 12.1 Å². The lowest BCUT2D eigenvalue weighted by molar-refractivity contribution is -0.119. The quantitative estimate of drug-likeness (QED) is 0.517. The van der Waals surface area contributed by atoms with Gasteiger partial charge in [0.15, 0.2) is 22.5 Å². The molecule has 1 N–H and O–H groups in total. The van der Waals surface area contributed by atoms with Gasteiger partial charge in [-0.3, -0.25) is 4.79 Å². The largest absolute Gasteiger partial charge is 0.486 e. The van der Waals surface area contributed by atoms with Gasteiger partial charge < -0.3 is 24.1 Å². The van der Waals surface area contributed by atoms with Gasteiger partial charge >= 0.3 is 0 Å². The van der Waals surface area contributed by atoms with Gasteiger partial charge in [-0.15, -0.1) is 10.2 Å². The van der Waals surface area contributed by atoms with Crippen molar-refractivity contribution in [2.24, 2.45) is 7.05 Å². The van der Waals surface area contributed by atoms with E-state index in [1.165, 1.54) is 11.8 Å². The molecular formula is C21H21ClN4O4S. The summed E-state index contributed by atoms with van der Waals surface area (Å²) in [6.45, 7) is 1.02. The standard InChI is InChI=1S/C21H21ClN4O4S/c1-26-19(12-28-15-8-6-14(22)7-9-15)24-25-21(26)31-13-20(27)23-10-16-11-29-17-4-2-3-5-18(17)30-16/h2-9,16H,10-13H2,1H3,(H,23,27)/t16-/m0/s1. The Hall–Kier alpha value is -2.91. The highest BCUT2D eigenvalue weighted by Gasteiger charge is 2.21. The monoisotopic (exact) mass is 460 g/mol. The molecule has 8 nitrogen and oxygen atoms in total. The van der Waals surface area contributed by atoms with E-state index in [1.54, 1.807) is 24.3 Å². The number of nitrogens with one attached hydrogen (secondary N) is 1. The fourth-order valence-corrected chi connectivity index (χ4v) is 3.73. The van der Waals surface area contributed by atoms with Crippen LogP contribution in [0.5, 0.6) is 17.2 Å². The minimum absolute atomic E-state index is 0.116. The molecular weight excluding hydrogens is 440 g/mol. The normalized spacial score (nSPS) is 14.8. The maximum atomic E-state index is 12.2. The third-order valence-electron chi connectivity index (χ3n) is 4.53. The third kappa shape index (κ3) is 5.62. The number of hydrogen-bond acceptors (Lipinski definition) is 7. The van der Waals surface area contributed by atoms with E-state index in [0.717, 1.165) is 5.75 Å². The van der Waals surface area contributed by atoms with Gasteiger partial charge in [-0.05, 0) is 36.4 Å². The number of carbonyl (C=O) groups excluding carboxylic acids is 1. The fourth-order valence-electron chi connectivity index (χ4n) is 2.85. The van der Waals surface area contributed by atoms with Crippen LogP contribution >= 0.6 is 23.4 Å². The SMILES string of the molecule is Cn1c(COc2ccc(Cl)cc2)nnc1SCC(=O)NC[C@H]1COc2ccccc2O1. The van der Waals surface area contributed by atoms with Crippen molar-refractivity contribution < 1.29 is 19.0 Å². The zero-order chi connectivity index (χ0) is 21.6. The Morgan fingerprint density at radius 1 is 1.23 bits per heavy atom. The van der Waals surface area contributed by atoms with E-state index in [4.69, 9.17) is 25.8 Å². The average Bonchev–Trinajstić information content (AvgIpc) is 3.15. The summed E-state index contributed by atoms with van der Waals surface area (Å²) in [5, 5.41) is 12.4. The molecule has 0 bridgehead atoms. The first-order valence-electron chi connectivity index (χ1n) is 9.63. The molecule has 0 radical (unpaired) electrons. The predicted octanol–water partition coefficient (Wildman–Crippen LogP) is 3.10. The van der Waals surface area contributed by atoms with Crippen molar-refractivity contribution in [1.29, 1.82) is 0 Å². The smallest absolute Gasteiger partial charge is 0.230 e. The lowest BCUT2D eigenvalue weighted by atomic mass is 10.2. The molecule has 1 aromatic heterocycles. The lowest BCUT2D eigenvalue weighted by Crippen LogP contribution is -2.41. The number of thioether (sulfide) groups is 1. The molecule has 2 aromatic carbocycles. The van der Waals surface area contributed by atoms with Crippen LogP contribution in [0.3, 0.4) is 0 Å². The number of rotatable bonds is 8. The van der Waals surface area contributed by atoms with Gasteiger partial charge in [0.2, 0.25) is 5.91 Å². The first kappa shape index (κ1) is 21.3. The molecule has 0 aliphatic carbocycles. The highest BCUT2D eigenvalue weighted by molar-refractivity contribution is 7.99. The molecule has 0 spiro atoms. The number of amides is 1. The van der Waals surface area contributed by atoms with E-state index in [1.807, 2.05) is 35.9 Å². The molecule has 0 fully saturated rings. The van der Waals surface area contributed by atoms with Crippen LogP contribution in [0.25, 0.3) is 0 Å². The second kappa shape index (κ2) is 9.93. The zero-order valence-corrected chi connectivity index (χ0v) is 18.4. The van der Waals surface area contributed by atoms with Gasteiger partial charge in [-0.25, -0.2) is 0 Å². The van der Waals surface area contributed by atoms with Crippen molar-refractivity contribution in [2.45, 2.75) is 17.9 Å². The molecule has 1 aliphatic rings. The number of ether oxygens (including phenoxy) is 3. The van der Waals surface area contributed by atoms with Crippen molar-refractivity contribution in [3.05, 3.63) is 59.4 Å². The summed E-state index contributed by atoms with van der Waals surface area (Å²) in [4.78, 5) is 12.2. The van der Waals surface area contributed by atoms with E-state index >= 15 is 0 Å². The average molecular weight is 461 g/mol. The highest BCUT2D eigenvalue weighted by atomic mass is 35.5. The number of carbonyl (C=O) groups is 1. The van der Waals surface area contributed by atoms with E-state index in [2.05, 4.69) is 15.5 Å². The van der Waals surface area contributed by atoms with Crippen LogP contribution in [0.1, 0.15) is 5.82 Å². The number of fused-ring (bicyclic) bond motifs is 1. The molecule has 162 valence electrons. The van der Waals surface area contributed by atoms with E-state index < -0.39 is 0 Å². The second-order valence-electron chi connectivity index (χ2n) is 6.79. The van der Waals surface area contributed by atoms with Crippen molar-refractivity contribution in [1.82, 2.24) is 20.1 Å². The Bertz CT molecular complexity index is 1040. The Morgan fingerprint density at radius 2 is 2.00 bits per heavy atom. The topological polar surface area (TPSA) is 87.5 Å². The van der Waals surface area contributed by atoms with Gasteiger partial charge in [-0.1, -0.05) is 35.5 Å². The molecule has 3 aromatic rings. The Labute approximate surface area is 188 Å². The summed E-state index contributed by atoms with van der Waals surface area (Å²) in [7, 11) is 1.84. The van der Waals surface area contributed by atoms with Gasteiger partial charge in [0.05, 0.1) is 12.3 Å². The van der Waals surface area contributed by atoms with E-state index in [0.29, 0.717) is 40.7 Å². The summed E-state index contributed by atoms with van der Waals surface area (Å²) in [5.41, 5.74) is 0. The second-order valence-corrected chi connectivity index (χ2v) is 8.17. The first-order valence-corrected chi connectivity index (χ1v) is 11.0. The molecule has 10 heteroatoms. The van der Waals surface area contributed by atoms with E-state index in [-0.39, 0.29) is 24.4 Å². The predicted molar refractivity (Wildman–Crippen MR) is 117 cm³/mol. The summed E-state index contributed by atoms with van der Waals surface area (Å²) in [5.74, 6) is 2.86. The minimum Gasteiger partial charge on any atom is -0.486 e. The van der Waals surface area contributed by atoms with E-state index in [9.17, 15) is 4.79 Å².